The van der Waals surface area contributed by atoms with E-state index in [2.05, 4.69) is 0 Å². The first-order chi connectivity index (χ1) is 15.9. The molecule has 0 N–H and O–H groups in total. The van der Waals surface area contributed by atoms with Crippen molar-refractivity contribution >= 4 is 34.4 Å². The van der Waals surface area contributed by atoms with Gasteiger partial charge >= 0.3 is 0 Å². The van der Waals surface area contributed by atoms with Crippen molar-refractivity contribution in [1.82, 2.24) is 0 Å². The lowest BCUT2D eigenvalue weighted by molar-refractivity contribution is -0.133. The van der Waals surface area contributed by atoms with E-state index >= 15 is 0 Å². The molecular formula is C29H23NO3. The molecule has 1 aliphatic heterocycles. The Hall–Kier alpha value is -3.79. The maximum atomic E-state index is 14.2. The number of Topliss-reactive ketones (excluding diaryl/α,β-unsaturated/α-hetero) is 1. The van der Waals surface area contributed by atoms with Crippen LogP contribution in [0.2, 0.25) is 0 Å². The standard InChI is InChI=1S/C29H23NO3/c1-28-21(18-12-6-3-7-13-18)22(19-14-8-4-9-15-19)29(2,27(28)33)24-23(28)25(31)30(26(24)32)20-16-10-5-11-17-20/h3-17,23-24H,1-2H3/t23-,24+,28-,29+. The molecule has 1 saturated heterocycles. The molecule has 3 aromatic carbocycles. The van der Waals surface area contributed by atoms with Crippen molar-refractivity contribution in [2.45, 2.75) is 13.8 Å². The molecule has 4 heteroatoms. The van der Waals surface area contributed by atoms with Crippen molar-refractivity contribution < 1.29 is 14.4 Å². The summed E-state index contributed by atoms with van der Waals surface area (Å²) < 4.78 is 0. The van der Waals surface area contributed by atoms with Gasteiger partial charge in [-0.2, -0.15) is 0 Å². The van der Waals surface area contributed by atoms with E-state index in [1.807, 2.05) is 92.7 Å². The molecule has 2 fully saturated rings. The zero-order valence-corrected chi connectivity index (χ0v) is 18.5. The molecule has 0 aromatic heterocycles. The minimum absolute atomic E-state index is 0.0304. The van der Waals surface area contributed by atoms with Gasteiger partial charge in [-0.25, -0.2) is 4.90 Å². The number of anilines is 1. The van der Waals surface area contributed by atoms with Crippen LogP contribution in [0, 0.1) is 22.7 Å². The number of ketones is 1. The highest BCUT2D eigenvalue weighted by Gasteiger charge is 2.78. The van der Waals surface area contributed by atoms with Crippen LogP contribution in [0.5, 0.6) is 0 Å². The summed E-state index contributed by atoms with van der Waals surface area (Å²) in [7, 11) is 0. The molecule has 4 atom stereocenters. The van der Waals surface area contributed by atoms with Gasteiger partial charge in [0.15, 0.2) is 5.78 Å². The average molecular weight is 434 g/mol. The molecule has 0 unspecified atom stereocenters. The molecule has 2 bridgehead atoms. The molecule has 4 nitrogen and oxygen atoms in total. The summed E-state index contributed by atoms with van der Waals surface area (Å²) in [5, 5.41) is 0. The van der Waals surface area contributed by atoms with Crippen molar-refractivity contribution in [2.75, 3.05) is 4.90 Å². The quantitative estimate of drug-likeness (QED) is 0.546. The molecule has 1 saturated carbocycles. The summed E-state index contributed by atoms with van der Waals surface area (Å²) in [4.78, 5) is 43.1. The smallest absolute Gasteiger partial charge is 0.239 e. The third-order valence-electron chi connectivity index (χ3n) is 7.92. The zero-order valence-electron chi connectivity index (χ0n) is 18.5. The van der Waals surface area contributed by atoms with Gasteiger partial charge in [0.05, 0.1) is 28.4 Å². The van der Waals surface area contributed by atoms with Gasteiger partial charge in [-0.1, -0.05) is 78.9 Å². The fourth-order valence-corrected chi connectivity index (χ4v) is 6.64. The number of allylic oxidation sites excluding steroid dienone is 2. The van der Waals surface area contributed by atoms with Gasteiger partial charge in [-0.05, 0) is 48.3 Å². The summed E-state index contributed by atoms with van der Waals surface area (Å²) in [6, 6.07) is 28.7. The summed E-state index contributed by atoms with van der Waals surface area (Å²) in [6.45, 7) is 3.74. The van der Waals surface area contributed by atoms with Crippen LogP contribution in [0.1, 0.15) is 25.0 Å². The topological polar surface area (TPSA) is 54.5 Å². The van der Waals surface area contributed by atoms with Gasteiger partial charge < -0.3 is 0 Å². The maximum Gasteiger partial charge on any atom is 0.239 e. The number of amides is 2. The van der Waals surface area contributed by atoms with Crippen molar-refractivity contribution in [3.8, 4) is 0 Å². The van der Waals surface area contributed by atoms with Gasteiger partial charge in [0.25, 0.3) is 0 Å². The summed E-state index contributed by atoms with van der Waals surface area (Å²) >= 11 is 0. The van der Waals surface area contributed by atoms with E-state index in [4.69, 9.17) is 0 Å². The molecule has 0 radical (unpaired) electrons. The molecular weight excluding hydrogens is 410 g/mol. The summed E-state index contributed by atoms with van der Waals surface area (Å²) in [5.41, 5.74) is 1.99. The first kappa shape index (κ1) is 19.9. The Bertz CT molecular complexity index is 1260. The van der Waals surface area contributed by atoms with E-state index in [1.165, 1.54) is 4.90 Å². The van der Waals surface area contributed by atoms with E-state index < -0.39 is 22.7 Å². The maximum absolute atomic E-state index is 14.2. The highest BCUT2D eigenvalue weighted by atomic mass is 16.2. The summed E-state index contributed by atoms with van der Waals surface area (Å²) in [5.74, 6) is -2.03. The predicted molar refractivity (Wildman–Crippen MR) is 127 cm³/mol. The Balaban J connectivity index is 1.64. The lowest BCUT2D eigenvalue weighted by Crippen LogP contribution is -2.40. The number of carbonyl (C=O) groups excluding carboxylic acids is 3. The van der Waals surface area contributed by atoms with E-state index in [9.17, 15) is 14.4 Å². The second-order valence-electron chi connectivity index (χ2n) is 9.52. The Morgan fingerprint density at radius 1 is 0.576 bits per heavy atom. The normalized spacial score (nSPS) is 30.4. The highest BCUT2D eigenvalue weighted by molar-refractivity contribution is 6.34. The average Bonchev–Trinajstić information content (AvgIpc) is 3.30. The SMILES string of the molecule is C[C@]12C(=O)[C@](C)(C(c3ccccc3)=C1c1ccccc1)[C@H]1C(=O)N(c3ccccc3)C(=O)[C@H]12. The van der Waals surface area contributed by atoms with E-state index in [0.717, 1.165) is 22.3 Å². The minimum Gasteiger partial charge on any atom is -0.298 e. The van der Waals surface area contributed by atoms with Crippen molar-refractivity contribution in [1.29, 1.82) is 0 Å². The third-order valence-corrected chi connectivity index (χ3v) is 7.92. The van der Waals surface area contributed by atoms with Crippen LogP contribution in [-0.2, 0) is 14.4 Å². The molecule has 0 spiro atoms. The van der Waals surface area contributed by atoms with Gasteiger partial charge in [-0.15, -0.1) is 0 Å². The first-order valence-corrected chi connectivity index (χ1v) is 11.3. The Morgan fingerprint density at radius 3 is 1.33 bits per heavy atom. The van der Waals surface area contributed by atoms with Gasteiger partial charge in [0.1, 0.15) is 0 Å². The number of hydrogen-bond acceptors (Lipinski definition) is 3. The number of para-hydroxylation sites is 1. The number of fused-ring (bicyclic) bond motifs is 5. The number of rotatable bonds is 3. The lowest BCUT2D eigenvalue weighted by Gasteiger charge is -2.35. The molecule has 162 valence electrons. The minimum atomic E-state index is -1.08. The number of carbonyl (C=O) groups is 3. The van der Waals surface area contributed by atoms with E-state index in [1.54, 1.807) is 12.1 Å². The first-order valence-electron chi connectivity index (χ1n) is 11.3. The molecule has 33 heavy (non-hydrogen) atoms. The van der Waals surface area contributed by atoms with Crippen molar-refractivity contribution in [2.24, 2.45) is 22.7 Å². The van der Waals surface area contributed by atoms with Gasteiger partial charge in [0, 0.05) is 0 Å². The molecule has 2 aliphatic carbocycles. The Morgan fingerprint density at radius 2 is 0.939 bits per heavy atom. The van der Waals surface area contributed by atoms with E-state index in [-0.39, 0.29) is 17.6 Å². The molecule has 2 amide bonds. The van der Waals surface area contributed by atoms with Crippen LogP contribution >= 0.6 is 0 Å². The lowest BCUT2D eigenvalue weighted by atomic mass is 9.63. The monoisotopic (exact) mass is 433 g/mol. The van der Waals surface area contributed by atoms with Gasteiger partial charge in [-0.3, -0.25) is 14.4 Å². The number of nitrogens with zero attached hydrogens (tertiary/aromatic N) is 1. The summed E-state index contributed by atoms with van der Waals surface area (Å²) in [6.07, 6.45) is 0. The largest absolute Gasteiger partial charge is 0.298 e. The predicted octanol–water partition coefficient (Wildman–Crippen LogP) is 5.01. The fourth-order valence-electron chi connectivity index (χ4n) is 6.64. The highest BCUT2D eigenvalue weighted by Crippen LogP contribution is 2.73. The molecule has 1 heterocycles. The Kier molecular flexibility index (Phi) is 3.98. The van der Waals surface area contributed by atoms with Crippen LogP contribution in [0.25, 0.3) is 11.1 Å². The van der Waals surface area contributed by atoms with Crippen LogP contribution in [0.3, 0.4) is 0 Å². The third kappa shape index (κ3) is 2.28. The van der Waals surface area contributed by atoms with Crippen molar-refractivity contribution in [3.63, 3.8) is 0 Å². The molecule has 3 aliphatic rings. The van der Waals surface area contributed by atoms with Crippen LogP contribution in [0.15, 0.2) is 91.0 Å². The second-order valence-corrected chi connectivity index (χ2v) is 9.52. The number of hydrogen-bond donors (Lipinski definition) is 0. The molecule has 3 aromatic rings. The van der Waals surface area contributed by atoms with Crippen LogP contribution in [-0.4, -0.2) is 17.6 Å². The zero-order chi connectivity index (χ0) is 23.0. The fraction of sp³-hybridized carbons (Fsp3) is 0.207. The molecule has 6 rings (SSSR count). The van der Waals surface area contributed by atoms with Crippen molar-refractivity contribution in [3.05, 3.63) is 102 Å². The van der Waals surface area contributed by atoms with E-state index in [0.29, 0.717) is 5.69 Å². The van der Waals surface area contributed by atoms with Crippen LogP contribution < -0.4 is 4.90 Å². The van der Waals surface area contributed by atoms with Gasteiger partial charge in [0.2, 0.25) is 11.8 Å². The number of imide groups is 1. The van der Waals surface area contributed by atoms with Crippen LogP contribution in [0.4, 0.5) is 5.69 Å². The second kappa shape index (κ2) is 6.61. The Labute approximate surface area is 192 Å². The number of benzene rings is 3.